The third kappa shape index (κ3) is 1.08. The Morgan fingerprint density at radius 2 is 1.50 bits per heavy atom. The molecule has 0 saturated carbocycles. The number of carbonyl (C=O) groups excluding carboxylic acids is 2. The van der Waals surface area contributed by atoms with Gasteiger partial charge in [-0.05, 0) is 0 Å². The van der Waals surface area contributed by atoms with Crippen LogP contribution < -0.4 is 0 Å². The summed E-state index contributed by atoms with van der Waals surface area (Å²) in [7, 11) is 1.48. The summed E-state index contributed by atoms with van der Waals surface area (Å²) < 4.78 is 26.8. The van der Waals surface area contributed by atoms with Crippen molar-refractivity contribution >= 4 is 11.9 Å². The number of hydrogen-bond acceptors (Lipinski definition) is 7. The highest BCUT2D eigenvalue weighted by Gasteiger charge is 2.73. The van der Waals surface area contributed by atoms with Gasteiger partial charge in [0.1, 0.15) is 36.3 Å². The van der Waals surface area contributed by atoms with Crippen LogP contribution in [-0.2, 0) is 33.3 Å². The van der Waals surface area contributed by atoms with Crippen LogP contribution in [0.3, 0.4) is 0 Å². The highest BCUT2D eigenvalue weighted by Crippen LogP contribution is 2.53. The second-order valence-corrected chi connectivity index (χ2v) is 5.09. The third-order valence-corrected chi connectivity index (χ3v) is 4.20. The molecule has 4 fully saturated rings. The van der Waals surface area contributed by atoms with E-state index < -0.39 is 42.0 Å². The van der Waals surface area contributed by atoms with E-state index in [2.05, 4.69) is 4.74 Å². The Morgan fingerprint density at radius 1 is 1.00 bits per heavy atom. The quantitative estimate of drug-likeness (QED) is 0.448. The van der Waals surface area contributed by atoms with Gasteiger partial charge in [0.25, 0.3) is 5.97 Å². The van der Waals surface area contributed by atoms with E-state index in [-0.39, 0.29) is 12.2 Å². The van der Waals surface area contributed by atoms with Gasteiger partial charge in [0, 0.05) is 14.0 Å². The maximum Gasteiger partial charge on any atom is 0.320 e. The number of esters is 2. The summed E-state index contributed by atoms with van der Waals surface area (Å²) >= 11 is 0. The molecule has 0 aromatic heterocycles. The molecule has 5 unspecified atom stereocenters. The molecule has 7 heteroatoms. The number of hydrogen-bond donors (Lipinski definition) is 0. The van der Waals surface area contributed by atoms with E-state index in [1.54, 1.807) is 6.92 Å². The molecular formula is C11H12O7. The predicted molar refractivity (Wildman–Crippen MR) is 51.9 cm³/mol. The third-order valence-electron chi connectivity index (χ3n) is 4.20. The van der Waals surface area contributed by atoms with Gasteiger partial charge in [0.2, 0.25) is 0 Å². The number of rotatable bonds is 1. The highest BCUT2D eigenvalue weighted by atomic mass is 16.9. The first-order chi connectivity index (χ1) is 8.54. The van der Waals surface area contributed by atoms with Crippen molar-refractivity contribution in [1.82, 2.24) is 0 Å². The Kier molecular flexibility index (Phi) is 1.87. The number of cyclic esters (lactones) is 2. The SMILES string of the molecule is COC1(C)OC2C3O[C@@H](C4C(=O)OC(=O)C34)[C@H]2O1. The molecule has 98 valence electrons. The first-order valence-corrected chi connectivity index (χ1v) is 5.86. The summed E-state index contributed by atoms with van der Waals surface area (Å²) in [5.41, 5.74) is 0. The molecule has 0 aromatic rings. The molecule has 0 spiro atoms. The van der Waals surface area contributed by atoms with E-state index in [0.29, 0.717) is 0 Å². The standard InChI is InChI=1S/C11H12O7/c1-11(14-2)17-7-5-3-4(10(13)16-9(3)12)6(15-5)8(7)18-11/h3-8H,1-2H3/t3?,4?,5-,6?,7+,8?,11?/m0/s1. The monoisotopic (exact) mass is 256 g/mol. The lowest BCUT2D eigenvalue weighted by atomic mass is 9.78. The summed E-state index contributed by atoms with van der Waals surface area (Å²) in [5.74, 6) is -3.31. The molecular weight excluding hydrogens is 244 g/mol. The van der Waals surface area contributed by atoms with E-state index in [1.165, 1.54) is 7.11 Å². The Labute approximate surface area is 102 Å². The van der Waals surface area contributed by atoms with Crippen LogP contribution in [0.15, 0.2) is 0 Å². The van der Waals surface area contributed by atoms with Crippen molar-refractivity contribution in [2.75, 3.05) is 7.11 Å². The predicted octanol–water partition coefficient (Wildman–Crippen LogP) is -0.813. The zero-order valence-corrected chi connectivity index (χ0v) is 9.82. The average molecular weight is 256 g/mol. The Morgan fingerprint density at radius 3 is 1.94 bits per heavy atom. The molecule has 0 aromatic carbocycles. The van der Waals surface area contributed by atoms with Gasteiger partial charge in [-0.25, -0.2) is 0 Å². The van der Waals surface area contributed by atoms with E-state index >= 15 is 0 Å². The molecule has 18 heavy (non-hydrogen) atoms. The van der Waals surface area contributed by atoms with E-state index in [9.17, 15) is 9.59 Å². The van der Waals surface area contributed by atoms with Gasteiger partial charge in [-0.3, -0.25) is 9.59 Å². The van der Waals surface area contributed by atoms with Crippen LogP contribution in [0, 0.1) is 11.8 Å². The summed E-state index contributed by atoms with van der Waals surface area (Å²) in [5, 5.41) is 0. The van der Waals surface area contributed by atoms with Crippen molar-refractivity contribution in [2.45, 2.75) is 37.3 Å². The molecule has 0 N–H and O–H groups in total. The zero-order valence-electron chi connectivity index (χ0n) is 9.82. The van der Waals surface area contributed by atoms with E-state index in [1.807, 2.05) is 0 Å². The molecule has 7 atom stereocenters. The summed E-state index contributed by atoms with van der Waals surface area (Å²) in [6.07, 6.45) is -1.75. The minimum absolute atomic E-state index is 0.389. The van der Waals surface area contributed by atoms with Crippen molar-refractivity contribution in [1.29, 1.82) is 0 Å². The van der Waals surface area contributed by atoms with Gasteiger partial charge in [-0.1, -0.05) is 0 Å². The minimum Gasteiger partial charge on any atom is -0.393 e. The average Bonchev–Trinajstić information content (AvgIpc) is 2.99. The molecule has 4 rings (SSSR count). The summed E-state index contributed by atoms with van der Waals surface area (Å²) in [6, 6.07) is 0. The lowest BCUT2D eigenvalue weighted by Gasteiger charge is -2.23. The first-order valence-electron chi connectivity index (χ1n) is 5.86. The van der Waals surface area contributed by atoms with Crippen LogP contribution in [0.25, 0.3) is 0 Å². The fraction of sp³-hybridized carbons (Fsp3) is 0.818. The summed E-state index contributed by atoms with van der Waals surface area (Å²) in [6.45, 7) is 1.65. The van der Waals surface area contributed by atoms with Crippen LogP contribution in [-0.4, -0.2) is 49.4 Å². The number of fused-ring (bicyclic) bond motifs is 8. The van der Waals surface area contributed by atoms with Crippen LogP contribution in [0.2, 0.25) is 0 Å². The van der Waals surface area contributed by atoms with Crippen LogP contribution in [0.5, 0.6) is 0 Å². The Hall–Kier alpha value is -1.02. The molecule has 4 aliphatic heterocycles. The second kappa shape index (κ2) is 3.11. The molecule has 7 nitrogen and oxygen atoms in total. The summed E-state index contributed by atoms with van der Waals surface area (Å²) in [4.78, 5) is 23.2. The second-order valence-electron chi connectivity index (χ2n) is 5.09. The van der Waals surface area contributed by atoms with Gasteiger partial charge in [0.05, 0.1) is 0 Å². The maximum atomic E-state index is 11.6. The van der Waals surface area contributed by atoms with Crippen LogP contribution >= 0.6 is 0 Å². The molecule has 4 heterocycles. The van der Waals surface area contributed by atoms with Gasteiger partial charge in [0.15, 0.2) is 0 Å². The molecule has 0 radical (unpaired) electrons. The maximum absolute atomic E-state index is 11.6. The Bertz CT molecular complexity index is 413. The number of ether oxygens (including phenoxy) is 5. The molecule has 0 amide bonds. The van der Waals surface area contributed by atoms with E-state index in [0.717, 1.165) is 0 Å². The topological polar surface area (TPSA) is 80.3 Å². The molecule has 4 aliphatic rings. The number of carbonyl (C=O) groups is 2. The van der Waals surface area contributed by atoms with Crippen molar-refractivity contribution in [3.05, 3.63) is 0 Å². The molecule has 2 bridgehead atoms. The van der Waals surface area contributed by atoms with E-state index in [4.69, 9.17) is 18.9 Å². The number of methoxy groups -OCH3 is 1. The van der Waals surface area contributed by atoms with Gasteiger partial charge >= 0.3 is 11.9 Å². The van der Waals surface area contributed by atoms with Crippen molar-refractivity contribution in [3.8, 4) is 0 Å². The van der Waals surface area contributed by atoms with Gasteiger partial charge in [-0.15, -0.1) is 0 Å². The van der Waals surface area contributed by atoms with Crippen LogP contribution in [0.1, 0.15) is 6.92 Å². The first kappa shape index (κ1) is 10.9. The van der Waals surface area contributed by atoms with Crippen molar-refractivity contribution < 1.29 is 33.3 Å². The van der Waals surface area contributed by atoms with Crippen molar-refractivity contribution in [2.24, 2.45) is 11.8 Å². The smallest absolute Gasteiger partial charge is 0.320 e. The zero-order chi connectivity index (χ0) is 12.7. The normalized spacial score (nSPS) is 56.8. The van der Waals surface area contributed by atoms with Gasteiger partial charge in [-0.2, -0.15) is 0 Å². The fourth-order valence-corrected chi connectivity index (χ4v) is 3.38. The van der Waals surface area contributed by atoms with Gasteiger partial charge < -0.3 is 23.7 Å². The molecule has 4 saturated heterocycles. The Balaban J connectivity index is 1.69. The van der Waals surface area contributed by atoms with Crippen LogP contribution in [0.4, 0.5) is 0 Å². The molecule has 0 aliphatic carbocycles. The highest BCUT2D eigenvalue weighted by molar-refractivity contribution is 5.98. The largest absolute Gasteiger partial charge is 0.393 e. The fourth-order valence-electron chi connectivity index (χ4n) is 3.38. The lowest BCUT2D eigenvalue weighted by Crippen LogP contribution is -2.46. The minimum atomic E-state index is -1.14. The lowest BCUT2D eigenvalue weighted by molar-refractivity contribution is -0.330. The van der Waals surface area contributed by atoms with Crippen molar-refractivity contribution in [3.63, 3.8) is 0 Å².